The third kappa shape index (κ3) is 3.33. The van der Waals surface area contributed by atoms with Crippen molar-refractivity contribution in [1.82, 2.24) is 9.55 Å². The van der Waals surface area contributed by atoms with Gasteiger partial charge in [-0.3, -0.25) is 9.29 Å². The number of oxazole rings is 1. The summed E-state index contributed by atoms with van der Waals surface area (Å²) in [7, 11) is -4.29. The van der Waals surface area contributed by atoms with E-state index in [1.54, 1.807) is 17.5 Å². The second-order valence-electron chi connectivity index (χ2n) is 7.15. The number of thiazole rings is 1. The van der Waals surface area contributed by atoms with Crippen LogP contribution in [0, 0.1) is 11.6 Å². The monoisotopic (exact) mass is 463 g/mol. The molecule has 1 N–H and O–H groups in total. The molecule has 160 valence electrons. The van der Waals surface area contributed by atoms with E-state index in [2.05, 4.69) is 9.71 Å². The van der Waals surface area contributed by atoms with E-state index in [4.69, 9.17) is 4.42 Å². The van der Waals surface area contributed by atoms with Gasteiger partial charge in [-0.25, -0.2) is 27.0 Å². The molecular formula is C20H15F2N3O4S2. The van der Waals surface area contributed by atoms with Crippen LogP contribution < -0.4 is 10.5 Å². The maximum Gasteiger partial charge on any atom is 0.420 e. The molecule has 0 saturated carbocycles. The predicted molar refractivity (Wildman–Crippen MR) is 111 cm³/mol. The van der Waals surface area contributed by atoms with Gasteiger partial charge < -0.3 is 4.42 Å². The van der Waals surface area contributed by atoms with Crippen LogP contribution in [0.1, 0.15) is 30.0 Å². The van der Waals surface area contributed by atoms with Crippen molar-refractivity contribution in [2.45, 2.75) is 30.2 Å². The molecule has 7 nitrogen and oxygen atoms in total. The van der Waals surface area contributed by atoms with Gasteiger partial charge in [-0.05, 0) is 36.5 Å². The minimum atomic E-state index is -4.29. The Labute approximate surface area is 179 Å². The zero-order chi connectivity index (χ0) is 21.8. The summed E-state index contributed by atoms with van der Waals surface area (Å²) in [4.78, 5) is 15.8. The summed E-state index contributed by atoms with van der Waals surface area (Å²) in [6, 6.07) is 6.07. The lowest BCUT2D eigenvalue weighted by molar-refractivity contribution is 0.430. The second-order valence-corrected chi connectivity index (χ2v) is 9.69. The first kappa shape index (κ1) is 19.9. The van der Waals surface area contributed by atoms with Gasteiger partial charge in [0.2, 0.25) is 0 Å². The highest BCUT2D eigenvalue weighted by atomic mass is 32.2. The van der Waals surface area contributed by atoms with Gasteiger partial charge in [-0.2, -0.15) is 0 Å². The lowest BCUT2D eigenvalue weighted by atomic mass is 9.87. The second kappa shape index (κ2) is 7.27. The number of sulfonamides is 1. The zero-order valence-corrected chi connectivity index (χ0v) is 17.5. The molecule has 4 aromatic rings. The van der Waals surface area contributed by atoms with Gasteiger partial charge >= 0.3 is 5.76 Å². The number of halogens is 2. The molecule has 31 heavy (non-hydrogen) atoms. The first-order valence-electron chi connectivity index (χ1n) is 9.39. The van der Waals surface area contributed by atoms with E-state index in [1.807, 2.05) is 0 Å². The van der Waals surface area contributed by atoms with Crippen LogP contribution in [0.5, 0.6) is 0 Å². The maximum absolute atomic E-state index is 14.9. The van der Waals surface area contributed by atoms with Crippen LogP contribution in [0.2, 0.25) is 0 Å². The summed E-state index contributed by atoms with van der Waals surface area (Å²) in [6.45, 7) is 0. The molecule has 0 amide bonds. The van der Waals surface area contributed by atoms with Crippen molar-refractivity contribution in [2.75, 3.05) is 4.72 Å². The molecule has 1 unspecified atom stereocenters. The SMILES string of the molecule is O=c1oc2cc(S(=O)(=O)Nc3nccs3)c(F)cc2n1C1CCCc2c(F)cccc21. The summed E-state index contributed by atoms with van der Waals surface area (Å²) in [5.41, 5.74) is 1.19. The van der Waals surface area contributed by atoms with Crippen molar-refractivity contribution in [2.24, 2.45) is 0 Å². The average molecular weight is 463 g/mol. The first-order chi connectivity index (χ1) is 14.8. The fraction of sp³-hybridized carbons (Fsp3) is 0.200. The Morgan fingerprint density at radius 1 is 1.23 bits per heavy atom. The van der Waals surface area contributed by atoms with Crippen LogP contribution in [0.4, 0.5) is 13.9 Å². The number of fused-ring (bicyclic) bond motifs is 2. The van der Waals surface area contributed by atoms with Crippen LogP contribution in [-0.2, 0) is 16.4 Å². The number of benzene rings is 2. The van der Waals surface area contributed by atoms with Crippen LogP contribution >= 0.6 is 11.3 Å². The minimum absolute atomic E-state index is 0.0746. The quantitative estimate of drug-likeness (QED) is 0.493. The molecule has 2 heterocycles. The van der Waals surface area contributed by atoms with Crippen molar-refractivity contribution in [1.29, 1.82) is 0 Å². The van der Waals surface area contributed by atoms with Crippen molar-refractivity contribution in [3.8, 4) is 0 Å². The molecule has 2 aromatic carbocycles. The summed E-state index contributed by atoms with van der Waals surface area (Å²) < 4.78 is 63.1. The van der Waals surface area contributed by atoms with Crippen LogP contribution in [0.3, 0.4) is 0 Å². The average Bonchev–Trinajstić information content (AvgIpc) is 3.33. The third-order valence-corrected chi connectivity index (χ3v) is 7.51. The molecule has 1 atom stereocenters. The number of nitrogens with one attached hydrogen (secondary N) is 1. The molecule has 1 aliphatic carbocycles. The maximum atomic E-state index is 14.9. The topological polar surface area (TPSA) is 94.2 Å². The van der Waals surface area contributed by atoms with Gasteiger partial charge in [0.1, 0.15) is 16.5 Å². The number of rotatable bonds is 4. The van der Waals surface area contributed by atoms with E-state index in [9.17, 15) is 22.0 Å². The molecule has 0 fully saturated rings. The zero-order valence-electron chi connectivity index (χ0n) is 15.8. The molecule has 0 spiro atoms. The van der Waals surface area contributed by atoms with Gasteiger partial charge in [0.05, 0.1) is 11.6 Å². The van der Waals surface area contributed by atoms with Gasteiger partial charge in [0.15, 0.2) is 10.7 Å². The summed E-state index contributed by atoms with van der Waals surface area (Å²) in [5, 5.41) is 1.65. The number of hydrogen-bond acceptors (Lipinski definition) is 6. The lowest BCUT2D eigenvalue weighted by Crippen LogP contribution is -2.25. The van der Waals surface area contributed by atoms with Gasteiger partial charge in [0.25, 0.3) is 10.0 Å². The van der Waals surface area contributed by atoms with Crippen LogP contribution in [-0.4, -0.2) is 18.0 Å². The van der Waals surface area contributed by atoms with Crippen molar-refractivity contribution in [3.63, 3.8) is 0 Å². The summed E-state index contributed by atoms with van der Waals surface area (Å²) in [5.74, 6) is -2.16. The smallest absolute Gasteiger partial charge is 0.408 e. The molecule has 0 radical (unpaired) electrons. The molecule has 2 aromatic heterocycles. The van der Waals surface area contributed by atoms with Crippen molar-refractivity contribution in [3.05, 3.63) is 75.2 Å². The number of nitrogens with zero attached hydrogens (tertiary/aromatic N) is 2. The Kier molecular flexibility index (Phi) is 4.67. The Morgan fingerprint density at radius 2 is 2.06 bits per heavy atom. The Hall–Kier alpha value is -3.05. The standard InChI is InChI=1S/C20H15F2N3O4S2/c21-13-5-1-4-12-11(13)3-2-6-15(12)25-16-9-14(22)18(10-17(16)29-20(25)26)31(27,28)24-19-23-7-8-30-19/h1,4-5,7-10,15H,2-3,6H2,(H,23,24). The van der Waals surface area contributed by atoms with E-state index < -0.39 is 32.5 Å². The Balaban J connectivity index is 1.64. The molecule has 5 rings (SSSR count). The van der Waals surface area contributed by atoms with E-state index in [-0.39, 0.29) is 22.0 Å². The first-order valence-corrected chi connectivity index (χ1v) is 11.8. The van der Waals surface area contributed by atoms with Crippen LogP contribution in [0.15, 0.2) is 56.0 Å². The molecule has 1 aliphatic rings. The van der Waals surface area contributed by atoms with Gasteiger partial charge in [-0.15, -0.1) is 11.3 Å². The molecule has 0 saturated heterocycles. The highest BCUT2D eigenvalue weighted by Gasteiger charge is 2.29. The fourth-order valence-electron chi connectivity index (χ4n) is 4.03. The van der Waals surface area contributed by atoms with E-state index in [0.717, 1.165) is 23.5 Å². The molecule has 11 heteroatoms. The number of hydrogen-bond donors (Lipinski definition) is 1. The Bertz CT molecular complexity index is 1460. The normalized spacial score (nSPS) is 16.4. The van der Waals surface area contributed by atoms with Crippen molar-refractivity contribution >= 4 is 37.6 Å². The third-order valence-electron chi connectivity index (χ3n) is 5.34. The molecule has 0 aliphatic heterocycles. The van der Waals surface area contributed by atoms with E-state index in [0.29, 0.717) is 30.4 Å². The van der Waals surface area contributed by atoms with Gasteiger partial charge in [0, 0.05) is 23.7 Å². The van der Waals surface area contributed by atoms with E-state index in [1.165, 1.54) is 16.8 Å². The minimum Gasteiger partial charge on any atom is -0.408 e. The highest BCUT2D eigenvalue weighted by molar-refractivity contribution is 7.93. The Morgan fingerprint density at radius 3 is 2.84 bits per heavy atom. The number of anilines is 1. The van der Waals surface area contributed by atoms with Crippen molar-refractivity contribution < 1.29 is 21.6 Å². The largest absolute Gasteiger partial charge is 0.420 e. The predicted octanol–water partition coefficient (Wildman–Crippen LogP) is 4.06. The van der Waals surface area contributed by atoms with Crippen LogP contribution in [0.25, 0.3) is 11.1 Å². The van der Waals surface area contributed by atoms with E-state index >= 15 is 0 Å². The lowest BCUT2D eigenvalue weighted by Gasteiger charge is -2.26. The fourth-order valence-corrected chi connectivity index (χ4v) is 5.89. The van der Waals surface area contributed by atoms with Gasteiger partial charge in [-0.1, -0.05) is 12.1 Å². The molecule has 0 bridgehead atoms. The summed E-state index contributed by atoms with van der Waals surface area (Å²) >= 11 is 1.04. The highest BCUT2D eigenvalue weighted by Crippen LogP contribution is 2.36. The summed E-state index contributed by atoms with van der Waals surface area (Å²) in [6.07, 6.45) is 3.14. The molecular weight excluding hydrogens is 448 g/mol. The number of aromatic nitrogens is 2.